The van der Waals surface area contributed by atoms with E-state index < -0.39 is 21.7 Å². The third-order valence-electron chi connectivity index (χ3n) is 5.76. The fourth-order valence-corrected chi connectivity index (χ4v) is 5.73. The Bertz CT molecular complexity index is 1280. The highest BCUT2D eigenvalue weighted by molar-refractivity contribution is 7.98. The van der Waals surface area contributed by atoms with Crippen molar-refractivity contribution in [1.29, 1.82) is 0 Å². The van der Waals surface area contributed by atoms with Crippen LogP contribution in [0.4, 0.5) is 4.39 Å². The minimum atomic E-state index is -3.59. The lowest BCUT2D eigenvalue weighted by Crippen LogP contribution is -2.43. The molecule has 1 amide bonds. The zero-order valence-corrected chi connectivity index (χ0v) is 20.7. The molecule has 0 radical (unpaired) electrons. The second kappa shape index (κ2) is 11.2. The van der Waals surface area contributed by atoms with Gasteiger partial charge in [0.1, 0.15) is 17.1 Å². The molecule has 2 aromatic carbocycles. The Hall–Kier alpha value is -2.95. The maximum Gasteiger partial charge on any atom is 0.257 e. The van der Waals surface area contributed by atoms with E-state index in [1.807, 2.05) is 24.5 Å². The molecule has 7 nitrogen and oxygen atoms in total. The van der Waals surface area contributed by atoms with Crippen LogP contribution in [0.15, 0.2) is 76.7 Å². The van der Waals surface area contributed by atoms with E-state index in [0.29, 0.717) is 31.4 Å². The van der Waals surface area contributed by atoms with E-state index in [0.717, 1.165) is 17.2 Å². The average molecular weight is 516 g/mol. The van der Waals surface area contributed by atoms with Gasteiger partial charge in [-0.2, -0.15) is 0 Å². The molecule has 1 aromatic heterocycles. The molecule has 2 N–H and O–H groups in total. The molecular formula is C25H26FN3O4S2. The molecule has 0 saturated heterocycles. The lowest BCUT2D eigenvalue weighted by Gasteiger charge is -2.29. The number of pyridine rings is 1. The highest BCUT2D eigenvalue weighted by atomic mass is 32.2. The van der Waals surface area contributed by atoms with Gasteiger partial charge >= 0.3 is 0 Å². The largest absolute Gasteiger partial charge is 0.438 e. The smallest absolute Gasteiger partial charge is 0.257 e. The van der Waals surface area contributed by atoms with Crippen LogP contribution in [0.3, 0.4) is 0 Å². The Morgan fingerprint density at radius 3 is 2.46 bits per heavy atom. The first kappa shape index (κ1) is 25.2. The zero-order valence-electron chi connectivity index (χ0n) is 19.1. The molecule has 0 spiro atoms. The van der Waals surface area contributed by atoms with Crippen LogP contribution >= 0.6 is 11.8 Å². The fraction of sp³-hybridized carbons (Fsp3) is 0.280. The number of carbonyl (C=O) groups is 1. The number of halogens is 1. The molecule has 184 valence electrons. The van der Waals surface area contributed by atoms with Gasteiger partial charge in [0.15, 0.2) is 0 Å². The van der Waals surface area contributed by atoms with Crippen molar-refractivity contribution >= 4 is 27.7 Å². The van der Waals surface area contributed by atoms with Gasteiger partial charge in [0.2, 0.25) is 15.9 Å². The summed E-state index contributed by atoms with van der Waals surface area (Å²) in [5.74, 6) is -0.608. The van der Waals surface area contributed by atoms with Crippen molar-refractivity contribution < 1.29 is 22.3 Å². The average Bonchev–Trinajstić information content (AvgIpc) is 2.87. The highest BCUT2D eigenvalue weighted by Gasteiger charge is 2.27. The Morgan fingerprint density at radius 1 is 1.03 bits per heavy atom. The maximum absolute atomic E-state index is 13.9. The molecular weight excluding hydrogens is 489 g/mol. The third kappa shape index (κ3) is 6.59. The van der Waals surface area contributed by atoms with Gasteiger partial charge in [0.25, 0.3) is 5.91 Å². The molecule has 1 aliphatic carbocycles. The SMILES string of the molecule is CSc1cccc(Oc2ncc(F)cc2C(=O)NC2CCC(NS(=O)(=O)c3ccccc3)CC2)c1. The van der Waals surface area contributed by atoms with Crippen LogP contribution in [0.1, 0.15) is 36.0 Å². The van der Waals surface area contributed by atoms with E-state index in [1.54, 1.807) is 48.2 Å². The van der Waals surface area contributed by atoms with E-state index in [-0.39, 0.29) is 28.4 Å². The first-order valence-corrected chi connectivity index (χ1v) is 13.9. The molecule has 10 heteroatoms. The number of nitrogens with zero attached hydrogens (tertiary/aromatic N) is 1. The summed E-state index contributed by atoms with van der Waals surface area (Å²) in [6.45, 7) is 0. The Balaban J connectivity index is 1.38. The van der Waals surface area contributed by atoms with Gasteiger partial charge < -0.3 is 10.1 Å². The van der Waals surface area contributed by atoms with Crippen molar-refractivity contribution in [2.24, 2.45) is 0 Å². The predicted molar refractivity (Wildman–Crippen MR) is 133 cm³/mol. The van der Waals surface area contributed by atoms with Crippen molar-refractivity contribution in [2.75, 3.05) is 6.26 Å². The number of aromatic nitrogens is 1. The van der Waals surface area contributed by atoms with E-state index >= 15 is 0 Å². The van der Waals surface area contributed by atoms with E-state index in [2.05, 4.69) is 15.0 Å². The van der Waals surface area contributed by atoms with Gasteiger partial charge in [-0.1, -0.05) is 24.3 Å². The van der Waals surface area contributed by atoms with Gasteiger partial charge in [0.05, 0.1) is 11.1 Å². The van der Waals surface area contributed by atoms with Crippen molar-refractivity contribution in [3.05, 3.63) is 78.2 Å². The summed E-state index contributed by atoms with van der Waals surface area (Å²) in [6.07, 6.45) is 5.27. The summed E-state index contributed by atoms with van der Waals surface area (Å²) in [4.78, 5) is 18.2. The predicted octanol–water partition coefficient (Wildman–Crippen LogP) is 4.75. The van der Waals surface area contributed by atoms with Crippen LogP contribution in [-0.4, -0.2) is 37.6 Å². The van der Waals surface area contributed by atoms with E-state index in [1.165, 1.54) is 0 Å². The zero-order chi connectivity index (χ0) is 24.8. The Kier molecular flexibility index (Phi) is 8.04. The second-order valence-corrected chi connectivity index (χ2v) is 10.8. The van der Waals surface area contributed by atoms with E-state index in [9.17, 15) is 17.6 Å². The van der Waals surface area contributed by atoms with Crippen LogP contribution in [0, 0.1) is 5.82 Å². The standard InChI is InChI=1S/C25H26FN3O4S2/c1-34-21-7-5-6-20(15-21)33-25-23(14-17(26)16-27-25)24(30)28-18-10-12-19(13-11-18)29-35(31,32)22-8-3-2-4-9-22/h2-9,14-16,18-19,29H,10-13H2,1H3,(H,28,30). The summed E-state index contributed by atoms with van der Waals surface area (Å²) >= 11 is 1.55. The number of carbonyl (C=O) groups excluding carboxylic acids is 1. The van der Waals surface area contributed by atoms with Crippen molar-refractivity contribution in [2.45, 2.75) is 47.6 Å². The molecule has 0 unspecified atom stereocenters. The van der Waals surface area contributed by atoms with Gasteiger partial charge in [-0.15, -0.1) is 11.8 Å². The Morgan fingerprint density at radius 2 is 1.74 bits per heavy atom. The quantitative estimate of drug-likeness (QED) is 0.420. The second-order valence-electron chi connectivity index (χ2n) is 8.24. The van der Waals surface area contributed by atoms with Crippen molar-refractivity contribution in [3.63, 3.8) is 0 Å². The topological polar surface area (TPSA) is 97.4 Å². The van der Waals surface area contributed by atoms with Gasteiger partial charge in [-0.25, -0.2) is 22.5 Å². The molecule has 0 bridgehead atoms. The van der Waals surface area contributed by atoms with Crippen LogP contribution in [0.25, 0.3) is 0 Å². The number of rotatable bonds is 8. The van der Waals surface area contributed by atoms with Crippen LogP contribution < -0.4 is 14.8 Å². The number of hydrogen-bond acceptors (Lipinski definition) is 6. The summed E-state index contributed by atoms with van der Waals surface area (Å²) < 4.78 is 47.6. The van der Waals surface area contributed by atoms with Crippen LogP contribution in [0.2, 0.25) is 0 Å². The Labute approximate surface area is 208 Å². The van der Waals surface area contributed by atoms with Gasteiger partial charge in [-0.3, -0.25) is 4.79 Å². The highest BCUT2D eigenvalue weighted by Crippen LogP contribution is 2.28. The van der Waals surface area contributed by atoms with Gasteiger partial charge in [0, 0.05) is 17.0 Å². The lowest BCUT2D eigenvalue weighted by molar-refractivity contribution is 0.0921. The summed E-state index contributed by atoms with van der Waals surface area (Å²) in [5, 5.41) is 2.92. The van der Waals surface area contributed by atoms with Gasteiger partial charge in [-0.05, 0) is 68.3 Å². The molecule has 1 fully saturated rings. The minimum absolute atomic E-state index is 0.00598. The third-order valence-corrected chi connectivity index (χ3v) is 8.02. The molecule has 3 aromatic rings. The molecule has 4 rings (SSSR count). The number of sulfonamides is 1. The first-order chi connectivity index (χ1) is 16.8. The lowest BCUT2D eigenvalue weighted by atomic mass is 9.91. The van der Waals surface area contributed by atoms with E-state index in [4.69, 9.17) is 4.74 Å². The monoisotopic (exact) mass is 515 g/mol. The number of amides is 1. The summed E-state index contributed by atoms with van der Waals surface area (Å²) in [5.41, 5.74) is 0.00598. The number of hydrogen-bond donors (Lipinski definition) is 2. The summed E-state index contributed by atoms with van der Waals surface area (Å²) in [6, 6.07) is 16.3. The van der Waals surface area contributed by atoms with Crippen LogP contribution in [0.5, 0.6) is 11.6 Å². The molecule has 35 heavy (non-hydrogen) atoms. The molecule has 1 saturated carbocycles. The van der Waals surface area contributed by atoms with Crippen molar-refractivity contribution in [1.82, 2.24) is 15.0 Å². The van der Waals surface area contributed by atoms with Crippen molar-refractivity contribution in [3.8, 4) is 11.6 Å². The number of ether oxygens (including phenoxy) is 1. The van der Waals surface area contributed by atoms with Crippen LogP contribution in [-0.2, 0) is 10.0 Å². The molecule has 0 aliphatic heterocycles. The number of thioether (sulfide) groups is 1. The fourth-order valence-electron chi connectivity index (χ4n) is 3.95. The number of nitrogens with one attached hydrogen (secondary N) is 2. The normalized spacial score (nSPS) is 18.1. The minimum Gasteiger partial charge on any atom is -0.438 e. The maximum atomic E-state index is 13.9. The summed E-state index contributed by atoms with van der Waals surface area (Å²) in [7, 11) is -3.59. The molecule has 1 heterocycles. The number of benzene rings is 2. The first-order valence-electron chi connectivity index (χ1n) is 11.2. The molecule has 0 atom stereocenters. The molecule has 1 aliphatic rings.